The van der Waals surface area contributed by atoms with Crippen LogP contribution >= 0.6 is 12.4 Å². The molecule has 0 aliphatic carbocycles. The normalized spacial score (nSPS) is 21.0. The molecule has 2 aromatic carbocycles. The van der Waals surface area contributed by atoms with Gasteiger partial charge in [0.05, 0.1) is 25.8 Å². The van der Waals surface area contributed by atoms with E-state index in [-0.39, 0.29) is 94.3 Å². The van der Waals surface area contributed by atoms with Crippen molar-refractivity contribution in [2.24, 2.45) is 15.9 Å². The fraction of sp³-hybridized carbons (Fsp3) is 0.750. The summed E-state index contributed by atoms with van der Waals surface area (Å²) in [4.78, 5) is 47.5. The van der Waals surface area contributed by atoms with E-state index in [0.717, 1.165) is 89.2 Å². The number of carbonyl (C=O) groups excluding carboxylic acids is 1. The number of hydrogen-bond acceptors (Lipinski definition) is 22. The molecule has 6 aliphatic rings. The van der Waals surface area contributed by atoms with Gasteiger partial charge in [-0.15, -0.1) is 38.7 Å². The minimum absolute atomic E-state index is 0. The van der Waals surface area contributed by atoms with Gasteiger partial charge in [-0.3, -0.25) is 14.4 Å². The molecule has 35 heteroatoms. The van der Waals surface area contributed by atoms with Crippen molar-refractivity contribution in [2.45, 2.75) is 157 Å². The lowest BCUT2D eigenvalue weighted by Gasteiger charge is -2.43. The number of methoxy groups -OCH3 is 2. The van der Waals surface area contributed by atoms with Crippen LogP contribution < -0.4 is 35.6 Å². The standard InChI is InChI=1S/C26H38F3N3O8S.C21H29F3N2O7S.C8H17N3.C5H11NO2.ClH/c1-36-19-17-31-15-11-25(12-16-31,24(33)30-40-23-4-2-3-18-37-23)41(34,35)32-13-9-21(10-14-32)38-20-5-7-22(8-6-20)39-26(27,28)29;1-31-15-14-25-12-8-20(9-13-25,19(27)28)34(29,30)26-10-6-17(7-11-26)32-16-2-4-18(5-3-16)33-21(22,23)24;1-3-9-6-5-7-11-8-10-4-2;6-8-5-3-1-2-4-7-5;/h5-8,21,23H,2-4,9-19H2,1H3,(H,30,33);2-5,17H,6-15H2,1H3,(H,27,28);9H,3-7H2,1-2H3;5H,1-4,6H2;1H. The highest BCUT2D eigenvalue weighted by Gasteiger charge is 2.57. The number of carbonyl (C=O) groups is 2. The average molecular weight is 1430 g/mol. The first kappa shape index (κ1) is 82.7. The van der Waals surface area contributed by atoms with Crippen LogP contribution in [-0.4, -0.2) is 238 Å². The molecule has 0 saturated carbocycles. The van der Waals surface area contributed by atoms with Gasteiger partial charge in [-0.25, -0.2) is 51.6 Å². The SMILES string of the molecule is CCN=C=NCCCNCC.COCCN1CCC(C(=O)NOC2CCCCO2)(S(=O)(=O)N2CCC(Oc3ccc(OC(F)(F)F)cc3)CC2)CC1.COCCN1CCC(C(=O)O)(S(=O)(=O)N2CCC(Oc3ccc(OC(F)(F)F)cc3)CC2)CC1.Cl.NOC1CCCCO1. The number of amides is 1. The summed E-state index contributed by atoms with van der Waals surface area (Å²) >= 11 is 0. The molecule has 544 valence electrons. The number of aliphatic carboxylic acids is 1. The van der Waals surface area contributed by atoms with Crippen molar-refractivity contribution in [3.63, 3.8) is 0 Å². The third-order valence-corrected chi connectivity index (χ3v) is 21.7. The van der Waals surface area contributed by atoms with Crippen molar-refractivity contribution >= 4 is 50.3 Å². The molecule has 1 amide bonds. The molecule has 6 heterocycles. The van der Waals surface area contributed by atoms with Crippen LogP contribution in [0.15, 0.2) is 58.5 Å². The Bertz CT molecular complexity index is 2800. The predicted molar refractivity (Wildman–Crippen MR) is 340 cm³/mol. The molecule has 8 rings (SSSR count). The van der Waals surface area contributed by atoms with Gasteiger partial charge in [0, 0.05) is 112 Å². The molecule has 0 aromatic heterocycles. The topological polar surface area (TPSA) is 303 Å². The first-order chi connectivity index (χ1) is 44.8. The van der Waals surface area contributed by atoms with E-state index in [2.05, 4.69) is 52.9 Å². The van der Waals surface area contributed by atoms with Crippen molar-refractivity contribution in [2.75, 3.05) is 132 Å². The molecular weight excluding hydrogens is 1330 g/mol. The van der Waals surface area contributed by atoms with E-state index in [9.17, 15) is 57.9 Å². The molecule has 5 N–H and O–H groups in total. The third kappa shape index (κ3) is 27.1. The smallest absolute Gasteiger partial charge is 0.490 e. The van der Waals surface area contributed by atoms with Gasteiger partial charge in [0.1, 0.15) is 35.2 Å². The minimum atomic E-state index is -4.79. The van der Waals surface area contributed by atoms with Gasteiger partial charge in [-0.1, -0.05) is 6.92 Å². The Hall–Kier alpha value is -4.75. The lowest BCUT2D eigenvalue weighted by Crippen LogP contribution is -2.63. The summed E-state index contributed by atoms with van der Waals surface area (Å²) in [5.41, 5.74) is 2.41. The zero-order valence-electron chi connectivity index (χ0n) is 54.5. The van der Waals surface area contributed by atoms with Crippen molar-refractivity contribution in [3.8, 4) is 23.0 Å². The van der Waals surface area contributed by atoms with E-state index in [4.69, 9.17) is 39.2 Å². The lowest BCUT2D eigenvalue weighted by molar-refractivity contribution is -0.275. The Morgan fingerprint density at radius 2 is 1.06 bits per heavy atom. The van der Waals surface area contributed by atoms with E-state index >= 15 is 0 Å². The largest absolute Gasteiger partial charge is 0.573 e. The van der Waals surface area contributed by atoms with Crippen molar-refractivity contribution < 1.29 is 105 Å². The molecule has 95 heavy (non-hydrogen) atoms. The van der Waals surface area contributed by atoms with Crippen LogP contribution in [0.25, 0.3) is 0 Å². The van der Waals surface area contributed by atoms with Crippen LogP contribution in [0.2, 0.25) is 0 Å². The van der Waals surface area contributed by atoms with Crippen LogP contribution in [0.1, 0.15) is 110 Å². The van der Waals surface area contributed by atoms with Crippen LogP contribution in [0.4, 0.5) is 26.3 Å². The molecule has 2 unspecified atom stereocenters. The molecule has 6 fully saturated rings. The molecule has 0 bridgehead atoms. The van der Waals surface area contributed by atoms with E-state index in [1.54, 1.807) is 14.2 Å². The van der Waals surface area contributed by atoms with Gasteiger partial charge in [0.2, 0.25) is 20.0 Å². The molecule has 26 nitrogen and oxygen atoms in total. The molecule has 0 spiro atoms. The predicted octanol–water partition coefficient (Wildman–Crippen LogP) is 7.14. The number of nitrogens with one attached hydrogen (secondary N) is 2. The monoisotopic (exact) mass is 1430 g/mol. The maximum atomic E-state index is 14.1. The van der Waals surface area contributed by atoms with Crippen molar-refractivity contribution in [1.82, 2.24) is 29.2 Å². The Morgan fingerprint density at radius 3 is 1.43 bits per heavy atom. The molecule has 2 atom stereocenters. The molecular formula is C60H96ClF6N9O17S2. The van der Waals surface area contributed by atoms with Crippen LogP contribution in [-0.2, 0) is 58.3 Å². The summed E-state index contributed by atoms with van der Waals surface area (Å²) in [7, 11) is -5.04. The van der Waals surface area contributed by atoms with E-state index in [1.165, 1.54) is 39.3 Å². The number of piperidine rings is 4. The fourth-order valence-electron chi connectivity index (χ4n) is 11.1. The number of alkyl halides is 6. The van der Waals surface area contributed by atoms with Gasteiger partial charge in [0.15, 0.2) is 22.1 Å². The summed E-state index contributed by atoms with van der Waals surface area (Å²) in [6.45, 7) is 13.3. The second kappa shape index (κ2) is 41.6. The van der Waals surface area contributed by atoms with E-state index in [1.807, 2.05) is 11.8 Å². The highest BCUT2D eigenvalue weighted by Crippen LogP contribution is 2.38. The van der Waals surface area contributed by atoms with E-state index in [0.29, 0.717) is 103 Å². The Morgan fingerprint density at radius 1 is 0.642 bits per heavy atom. The number of carboxylic acids is 1. The van der Waals surface area contributed by atoms with Crippen LogP contribution in [0.3, 0.4) is 0 Å². The zero-order valence-corrected chi connectivity index (χ0v) is 56.9. The van der Waals surface area contributed by atoms with E-state index < -0.39 is 60.4 Å². The van der Waals surface area contributed by atoms with Gasteiger partial charge < -0.3 is 58.1 Å². The summed E-state index contributed by atoms with van der Waals surface area (Å²) < 4.78 is 168. The summed E-state index contributed by atoms with van der Waals surface area (Å²) in [6.07, 6.45) is -2.74. The second-order valence-electron chi connectivity index (χ2n) is 22.9. The van der Waals surface area contributed by atoms with Crippen molar-refractivity contribution in [1.29, 1.82) is 0 Å². The maximum absolute atomic E-state index is 14.1. The first-order valence-corrected chi connectivity index (χ1v) is 34.8. The number of aliphatic imine (C=N–C) groups is 2. The van der Waals surface area contributed by atoms with Crippen molar-refractivity contribution in [3.05, 3.63) is 48.5 Å². The maximum Gasteiger partial charge on any atom is 0.573 e. The number of benzene rings is 2. The number of hydroxylamine groups is 1. The number of carboxylic acid groups (broad SMARTS) is 1. The van der Waals surface area contributed by atoms with Gasteiger partial charge in [-0.2, -0.15) is 0 Å². The number of rotatable bonds is 27. The van der Waals surface area contributed by atoms with Crippen LogP contribution in [0.5, 0.6) is 23.0 Å². The van der Waals surface area contributed by atoms with Gasteiger partial charge in [0.25, 0.3) is 5.91 Å². The fourth-order valence-corrected chi connectivity index (χ4v) is 15.3. The van der Waals surface area contributed by atoms with Crippen LogP contribution in [0, 0.1) is 0 Å². The Labute approximate surface area is 559 Å². The Kier molecular flexibility index (Phi) is 36.2. The second-order valence-corrected chi connectivity index (χ2v) is 27.4. The third-order valence-electron chi connectivity index (χ3n) is 16.4. The summed E-state index contributed by atoms with van der Waals surface area (Å²) in [5.74, 6) is 2.80. The average Bonchev–Trinajstić information content (AvgIpc) is 0.754. The highest BCUT2D eigenvalue weighted by molar-refractivity contribution is 7.91. The molecule has 2 aromatic rings. The first-order valence-electron chi connectivity index (χ1n) is 31.9. The van der Waals surface area contributed by atoms with Gasteiger partial charge >= 0.3 is 18.7 Å². The number of ether oxygens (including phenoxy) is 8. The minimum Gasteiger partial charge on any atom is -0.490 e. The summed E-state index contributed by atoms with van der Waals surface area (Å²) in [6, 6.07) is 12.7. The zero-order chi connectivity index (χ0) is 68.7. The number of nitrogens with two attached hydrogens (primary N) is 1. The Balaban J connectivity index is 0.000000317. The highest BCUT2D eigenvalue weighted by atomic mass is 35.5. The quantitative estimate of drug-likeness (QED) is 0.0299. The van der Waals surface area contributed by atoms with Gasteiger partial charge in [-0.05, 0) is 152 Å². The molecule has 6 saturated heterocycles. The lowest BCUT2D eigenvalue weighted by atomic mass is 9.95. The molecule has 6 aliphatic heterocycles. The molecule has 0 radical (unpaired) electrons. The summed E-state index contributed by atoms with van der Waals surface area (Å²) in [5, 5.41) is 13.1. The number of hydrogen-bond donors (Lipinski definition) is 4. The number of nitrogens with zero attached hydrogens (tertiary/aromatic N) is 6. The number of likely N-dealkylation sites (tertiary alicyclic amines) is 2. The number of halogens is 7. The number of sulfonamides is 2.